The van der Waals surface area contributed by atoms with E-state index in [0.717, 1.165) is 6.42 Å². The molecule has 13 heavy (non-hydrogen) atoms. The molecule has 5 heteroatoms. The van der Waals surface area contributed by atoms with Gasteiger partial charge < -0.3 is 10.6 Å². The molecule has 0 atom stereocenters. The van der Waals surface area contributed by atoms with E-state index in [-0.39, 0.29) is 24.9 Å². The number of carbonyl (C=O) groups excluding carboxylic acids is 2. The molecule has 0 aromatic carbocycles. The highest BCUT2D eigenvalue weighted by atomic mass is 16.2. The number of hydrogen-bond donors (Lipinski definition) is 3. The lowest BCUT2D eigenvalue weighted by Gasteiger charge is -2.04. The van der Waals surface area contributed by atoms with Gasteiger partial charge in [-0.2, -0.15) is 0 Å². The van der Waals surface area contributed by atoms with Gasteiger partial charge in [0, 0.05) is 13.6 Å². The van der Waals surface area contributed by atoms with Crippen LogP contribution >= 0.6 is 0 Å². The summed E-state index contributed by atoms with van der Waals surface area (Å²) in [6, 6.07) is 0. The maximum atomic E-state index is 11.0. The van der Waals surface area contributed by atoms with E-state index in [1.807, 2.05) is 6.92 Å². The smallest absolute Gasteiger partial charge is 0.233 e. The van der Waals surface area contributed by atoms with Crippen molar-refractivity contribution in [3.05, 3.63) is 0 Å². The van der Waals surface area contributed by atoms with Crippen LogP contribution in [-0.4, -0.2) is 38.5 Å². The average molecular weight is 187 g/mol. The number of rotatable bonds is 6. The summed E-state index contributed by atoms with van der Waals surface area (Å²) >= 11 is 0. The highest BCUT2D eigenvalue weighted by Gasteiger charge is 2.00. The number of carbonyl (C=O) groups is 2. The molecule has 3 N–H and O–H groups in total. The maximum Gasteiger partial charge on any atom is 0.233 e. The first-order valence-electron chi connectivity index (χ1n) is 4.38. The van der Waals surface area contributed by atoms with E-state index in [9.17, 15) is 9.59 Å². The van der Waals surface area contributed by atoms with Crippen molar-refractivity contribution in [1.82, 2.24) is 16.0 Å². The van der Waals surface area contributed by atoms with Crippen LogP contribution in [0.3, 0.4) is 0 Å². The molecule has 0 aliphatic rings. The lowest BCUT2D eigenvalue weighted by molar-refractivity contribution is -0.121. The van der Waals surface area contributed by atoms with Crippen LogP contribution in [0.1, 0.15) is 13.3 Å². The summed E-state index contributed by atoms with van der Waals surface area (Å²) in [5.41, 5.74) is 0. The monoisotopic (exact) mass is 187 g/mol. The summed E-state index contributed by atoms with van der Waals surface area (Å²) in [6.45, 7) is 3.03. The van der Waals surface area contributed by atoms with Crippen LogP contribution in [0.15, 0.2) is 0 Å². The molecule has 0 heterocycles. The van der Waals surface area contributed by atoms with Crippen LogP contribution in [0.4, 0.5) is 0 Å². The van der Waals surface area contributed by atoms with Gasteiger partial charge in [0.2, 0.25) is 11.8 Å². The number of amides is 2. The quantitative estimate of drug-likeness (QED) is 0.491. The van der Waals surface area contributed by atoms with Crippen molar-refractivity contribution < 1.29 is 9.59 Å². The van der Waals surface area contributed by atoms with Crippen LogP contribution in [0.25, 0.3) is 0 Å². The highest BCUT2D eigenvalue weighted by Crippen LogP contribution is 1.70. The fraction of sp³-hybridized carbons (Fsp3) is 0.750. The molecule has 0 rings (SSSR count). The fourth-order valence-electron chi connectivity index (χ4n) is 0.705. The van der Waals surface area contributed by atoms with E-state index in [2.05, 4.69) is 16.0 Å². The maximum absolute atomic E-state index is 11.0. The number of hydrogen-bond acceptors (Lipinski definition) is 3. The van der Waals surface area contributed by atoms with Crippen molar-refractivity contribution in [1.29, 1.82) is 0 Å². The summed E-state index contributed by atoms with van der Waals surface area (Å²) in [5.74, 6) is -0.200. The molecule has 0 radical (unpaired) electrons. The van der Waals surface area contributed by atoms with Gasteiger partial charge in [-0.05, 0) is 6.42 Å². The molecule has 0 unspecified atom stereocenters. The predicted octanol–water partition coefficient (Wildman–Crippen LogP) is -1.15. The molecule has 0 aromatic heterocycles. The van der Waals surface area contributed by atoms with Crippen LogP contribution in [0.5, 0.6) is 0 Å². The Labute approximate surface area is 78.3 Å². The van der Waals surface area contributed by atoms with E-state index in [1.165, 1.54) is 0 Å². The Kier molecular flexibility index (Phi) is 6.91. The third-order valence-corrected chi connectivity index (χ3v) is 1.42. The minimum absolute atomic E-state index is 0.0780. The highest BCUT2D eigenvalue weighted by molar-refractivity contribution is 5.80. The second kappa shape index (κ2) is 7.54. The van der Waals surface area contributed by atoms with Crippen molar-refractivity contribution in [3.8, 4) is 0 Å². The van der Waals surface area contributed by atoms with E-state index < -0.39 is 0 Å². The standard InChI is InChI=1S/C8H17N3O2/c1-3-4-11-8(13)6-10-5-7(12)9-2/h10H,3-6H2,1-2H3,(H,9,12)(H,11,13). The van der Waals surface area contributed by atoms with E-state index in [0.29, 0.717) is 6.54 Å². The van der Waals surface area contributed by atoms with Gasteiger partial charge in [-0.1, -0.05) is 6.92 Å². The lowest BCUT2D eigenvalue weighted by Crippen LogP contribution is -2.38. The molecule has 0 aliphatic carbocycles. The molecular weight excluding hydrogens is 170 g/mol. The lowest BCUT2D eigenvalue weighted by atomic mass is 10.4. The summed E-state index contributed by atoms with van der Waals surface area (Å²) in [5, 5.41) is 7.86. The van der Waals surface area contributed by atoms with Crippen molar-refractivity contribution in [3.63, 3.8) is 0 Å². The normalized spacial score (nSPS) is 9.38. The van der Waals surface area contributed by atoms with Crippen LogP contribution < -0.4 is 16.0 Å². The van der Waals surface area contributed by atoms with Crippen LogP contribution in [-0.2, 0) is 9.59 Å². The van der Waals surface area contributed by atoms with Gasteiger partial charge in [0.25, 0.3) is 0 Å². The molecule has 76 valence electrons. The fourth-order valence-corrected chi connectivity index (χ4v) is 0.705. The average Bonchev–Trinajstić information content (AvgIpc) is 2.14. The van der Waals surface area contributed by atoms with Gasteiger partial charge in [0.1, 0.15) is 0 Å². The van der Waals surface area contributed by atoms with Crippen molar-refractivity contribution in [2.45, 2.75) is 13.3 Å². The van der Waals surface area contributed by atoms with Gasteiger partial charge >= 0.3 is 0 Å². The molecule has 0 saturated carbocycles. The van der Waals surface area contributed by atoms with Gasteiger partial charge in [-0.3, -0.25) is 14.9 Å². The van der Waals surface area contributed by atoms with E-state index >= 15 is 0 Å². The predicted molar refractivity (Wildman–Crippen MR) is 50.2 cm³/mol. The van der Waals surface area contributed by atoms with Crippen molar-refractivity contribution in [2.24, 2.45) is 0 Å². The molecule has 0 fully saturated rings. The van der Waals surface area contributed by atoms with Crippen LogP contribution in [0, 0.1) is 0 Å². The molecule has 0 aromatic rings. The summed E-state index contributed by atoms with van der Waals surface area (Å²) < 4.78 is 0. The first-order valence-corrected chi connectivity index (χ1v) is 4.38. The van der Waals surface area contributed by atoms with Crippen LogP contribution in [0.2, 0.25) is 0 Å². The van der Waals surface area contributed by atoms with Crippen molar-refractivity contribution >= 4 is 11.8 Å². The molecular formula is C8H17N3O2. The molecule has 5 nitrogen and oxygen atoms in total. The summed E-state index contributed by atoms with van der Waals surface area (Å²) in [6.07, 6.45) is 0.918. The second-order valence-electron chi connectivity index (χ2n) is 2.63. The van der Waals surface area contributed by atoms with E-state index in [1.54, 1.807) is 7.05 Å². The first kappa shape index (κ1) is 11.9. The Hall–Kier alpha value is -1.10. The van der Waals surface area contributed by atoms with E-state index in [4.69, 9.17) is 0 Å². The third-order valence-electron chi connectivity index (χ3n) is 1.42. The third kappa shape index (κ3) is 7.27. The largest absolute Gasteiger partial charge is 0.358 e. The molecule has 2 amide bonds. The molecule has 0 aliphatic heterocycles. The molecule has 0 saturated heterocycles. The zero-order chi connectivity index (χ0) is 10.1. The number of likely N-dealkylation sites (N-methyl/N-ethyl adjacent to an activating group) is 1. The van der Waals surface area contributed by atoms with Gasteiger partial charge in [0.15, 0.2) is 0 Å². The summed E-state index contributed by atoms with van der Waals surface area (Å²) in [7, 11) is 1.56. The minimum atomic E-state index is -0.122. The second-order valence-corrected chi connectivity index (χ2v) is 2.63. The zero-order valence-electron chi connectivity index (χ0n) is 8.14. The zero-order valence-corrected chi connectivity index (χ0v) is 8.14. The van der Waals surface area contributed by atoms with Gasteiger partial charge in [-0.15, -0.1) is 0 Å². The Morgan fingerprint density at radius 2 is 1.77 bits per heavy atom. The first-order chi connectivity index (χ1) is 6.20. The van der Waals surface area contributed by atoms with Gasteiger partial charge in [-0.25, -0.2) is 0 Å². The molecule has 0 spiro atoms. The summed E-state index contributed by atoms with van der Waals surface area (Å²) in [4.78, 5) is 21.7. The SMILES string of the molecule is CCCNC(=O)CNCC(=O)NC. The molecule has 0 bridgehead atoms. The Balaban J connectivity index is 3.31. The van der Waals surface area contributed by atoms with Crippen molar-refractivity contribution in [2.75, 3.05) is 26.7 Å². The number of nitrogens with one attached hydrogen (secondary N) is 3. The topological polar surface area (TPSA) is 70.2 Å². The Bertz CT molecular complexity index is 171. The Morgan fingerprint density at radius 1 is 1.15 bits per heavy atom. The Morgan fingerprint density at radius 3 is 2.31 bits per heavy atom. The minimum Gasteiger partial charge on any atom is -0.358 e. The van der Waals surface area contributed by atoms with Gasteiger partial charge in [0.05, 0.1) is 13.1 Å².